The number of nitrogens with zero attached hydrogens (tertiary/aromatic N) is 1. The zero-order chi connectivity index (χ0) is 18.7. The number of benzene rings is 1. The maximum Gasteiger partial charge on any atom is 0.312 e. The van der Waals surface area contributed by atoms with Crippen molar-refractivity contribution in [1.29, 1.82) is 0 Å². The fraction of sp³-hybridized carbons (Fsp3) is 0.474. The minimum atomic E-state index is -0.527. The normalized spacial score (nSPS) is 22.1. The van der Waals surface area contributed by atoms with E-state index in [-0.39, 0.29) is 42.5 Å². The predicted octanol–water partition coefficient (Wildman–Crippen LogP) is 2.12. The monoisotopic (exact) mass is 358 g/mol. The molecule has 26 heavy (non-hydrogen) atoms. The Bertz CT molecular complexity index is 721. The second kappa shape index (κ2) is 7.68. The van der Waals surface area contributed by atoms with Gasteiger partial charge in [-0.1, -0.05) is 18.9 Å². The summed E-state index contributed by atoms with van der Waals surface area (Å²) in [5.41, 5.74) is 0.525. The lowest BCUT2D eigenvalue weighted by molar-refractivity contribution is -0.141. The standard InChI is InChI=1S/C19H22N2O5/c1-12(22)20-13-5-4-6-14(11-13)26-17(23)9-10-21-18(24)15-7-2-3-8-16(15)19(21)25/h4-6,11,15-16H,2-3,7-10H2,1H3,(H,20,22)/t15-,16-/m0/s1. The lowest BCUT2D eigenvalue weighted by Gasteiger charge is -2.19. The average Bonchev–Trinajstić information content (AvgIpc) is 2.84. The highest BCUT2D eigenvalue weighted by Gasteiger charge is 2.47. The summed E-state index contributed by atoms with van der Waals surface area (Å²) < 4.78 is 5.25. The van der Waals surface area contributed by atoms with Crippen molar-refractivity contribution in [2.75, 3.05) is 11.9 Å². The molecule has 0 aromatic heterocycles. The third-order valence-corrected chi connectivity index (χ3v) is 4.86. The molecule has 1 aliphatic heterocycles. The van der Waals surface area contributed by atoms with Gasteiger partial charge in [0.2, 0.25) is 17.7 Å². The molecule has 1 heterocycles. The molecule has 0 spiro atoms. The number of likely N-dealkylation sites (tertiary alicyclic amines) is 1. The van der Waals surface area contributed by atoms with Gasteiger partial charge in [0.15, 0.2) is 0 Å². The Kier molecular flexibility index (Phi) is 5.35. The number of hydrogen-bond donors (Lipinski definition) is 1. The van der Waals surface area contributed by atoms with E-state index in [4.69, 9.17) is 4.74 Å². The summed E-state index contributed by atoms with van der Waals surface area (Å²) in [6.07, 6.45) is 3.40. The Morgan fingerprint density at radius 3 is 2.42 bits per heavy atom. The number of fused-ring (bicyclic) bond motifs is 1. The van der Waals surface area contributed by atoms with Crippen LogP contribution in [0.4, 0.5) is 5.69 Å². The Morgan fingerprint density at radius 1 is 1.15 bits per heavy atom. The summed E-state index contributed by atoms with van der Waals surface area (Å²) in [5, 5.41) is 2.61. The van der Waals surface area contributed by atoms with Crippen molar-refractivity contribution < 1.29 is 23.9 Å². The van der Waals surface area contributed by atoms with Crippen LogP contribution in [0.15, 0.2) is 24.3 Å². The number of carbonyl (C=O) groups excluding carboxylic acids is 4. The zero-order valence-corrected chi connectivity index (χ0v) is 14.7. The van der Waals surface area contributed by atoms with Crippen LogP contribution < -0.4 is 10.1 Å². The van der Waals surface area contributed by atoms with Crippen molar-refractivity contribution in [2.45, 2.75) is 39.0 Å². The molecule has 2 aliphatic rings. The van der Waals surface area contributed by atoms with E-state index >= 15 is 0 Å². The highest BCUT2D eigenvalue weighted by Crippen LogP contribution is 2.38. The lowest BCUT2D eigenvalue weighted by Crippen LogP contribution is -2.33. The highest BCUT2D eigenvalue weighted by atomic mass is 16.5. The number of esters is 1. The first-order valence-corrected chi connectivity index (χ1v) is 8.89. The molecular weight excluding hydrogens is 336 g/mol. The van der Waals surface area contributed by atoms with Gasteiger partial charge in [-0.2, -0.15) is 0 Å². The number of rotatable bonds is 5. The Balaban J connectivity index is 1.55. The number of imide groups is 1. The number of nitrogens with one attached hydrogen (secondary N) is 1. The van der Waals surface area contributed by atoms with Crippen molar-refractivity contribution in [3.8, 4) is 5.75 Å². The van der Waals surface area contributed by atoms with Crippen molar-refractivity contribution in [3.05, 3.63) is 24.3 Å². The minimum absolute atomic E-state index is 0.0505. The maximum atomic E-state index is 12.4. The van der Waals surface area contributed by atoms with Crippen molar-refractivity contribution in [3.63, 3.8) is 0 Å². The van der Waals surface area contributed by atoms with Crippen LogP contribution in [0, 0.1) is 11.8 Å². The topological polar surface area (TPSA) is 92.8 Å². The van der Waals surface area contributed by atoms with Gasteiger partial charge in [-0.25, -0.2) is 0 Å². The smallest absolute Gasteiger partial charge is 0.312 e. The quantitative estimate of drug-likeness (QED) is 0.494. The molecule has 0 radical (unpaired) electrons. The number of carbonyl (C=O) groups is 4. The molecule has 1 saturated heterocycles. The van der Waals surface area contributed by atoms with Gasteiger partial charge in [0.05, 0.1) is 18.3 Å². The number of anilines is 1. The third kappa shape index (κ3) is 3.92. The fourth-order valence-electron chi connectivity index (χ4n) is 3.68. The van der Waals surface area contributed by atoms with E-state index < -0.39 is 5.97 Å². The van der Waals surface area contributed by atoms with Crippen LogP contribution in [0.2, 0.25) is 0 Å². The van der Waals surface area contributed by atoms with Gasteiger partial charge in [0.1, 0.15) is 5.75 Å². The van der Waals surface area contributed by atoms with E-state index in [2.05, 4.69) is 5.32 Å². The van der Waals surface area contributed by atoms with E-state index in [9.17, 15) is 19.2 Å². The second-order valence-corrected chi connectivity index (χ2v) is 6.76. The number of amides is 3. The molecule has 1 aromatic carbocycles. The third-order valence-electron chi connectivity index (χ3n) is 4.86. The largest absolute Gasteiger partial charge is 0.426 e. The molecule has 0 unspecified atom stereocenters. The summed E-state index contributed by atoms with van der Waals surface area (Å²) in [6.45, 7) is 1.44. The summed E-state index contributed by atoms with van der Waals surface area (Å²) >= 11 is 0. The summed E-state index contributed by atoms with van der Waals surface area (Å²) in [5.74, 6) is -1.17. The second-order valence-electron chi connectivity index (χ2n) is 6.76. The molecule has 2 fully saturated rings. The first-order chi connectivity index (χ1) is 12.5. The van der Waals surface area contributed by atoms with Gasteiger partial charge in [0.25, 0.3) is 0 Å². The predicted molar refractivity (Wildman–Crippen MR) is 93.2 cm³/mol. The Morgan fingerprint density at radius 2 is 1.81 bits per heavy atom. The zero-order valence-electron chi connectivity index (χ0n) is 14.7. The van der Waals surface area contributed by atoms with E-state index in [1.807, 2.05) is 0 Å². The number of hydrogen-bond acceptors (Lipinski definition) is 5. The van der Waals surface area contributed by atoms with Crippen molar-refractivity contribution >= 4 is 29.4 Å². The molecule has 0 bridgehead atoms. The molecule has 3 rings (SSSR count). The Hall–Kier alpha value is -2.70. The van der Waals surface area contributed by atoms with Crippen LogP contribution in [0.25, 0.3) is 0 Å². The van der Waals surface area contributed by atoms with E-state index in [0.717, 1.165) is 25.7 Å². The molecule has 1 saturated carbocycles. The molecule has 3 amide bonds. The van der Waals surface area contributed by atoms with Crippen LogP contribution in [0.3, 0.4) is 0 Å². The minimum Gasteiger partial charge on any atom is -0.426 e. The van der Waals surface area contributed by atoms with Crippen molar-refractivity contribution in [1.82, 2.24) is 4.90 Å². The summed E-state index contributed by atoms with van der Waals surface area (Å²) in [7, 11) is 0. The molecule has 138 valence electrons. The van der Waals surface area contributed by atoms with Crippen LogP contribution >= 0.6 is 0 Å². The Labute approximate surface area is 151 Å². The fourth-order valence-corrected chi connectivity index (χ4v) is 3.68. The molecule has 7 nitrogen and oxygen atoms in total. The van der Waals surface area contributed by atoms with Gasteiger partial charge in [0, 0.05) is 25.2 Å². The molecule has 7 heteroatoms. The average molecular weight is 358 g/mol. The number of ether oxygens (including phenoxy) is 1. The summed E-state index contributed by atoms with van der Waals surface area (Å²) in [4.78, 5) is 49.1. The van der Waals surface area contributed by atoms with Gasteiger partial charge in [-0.05, 0) is 25.0 Å². The van der Waals surface area contributed by atoms with Crippen LogP contribution in [0.5, 0.6) is 5.75 Å². The van der Waals surface area contributed by atoms with Gasteiger partial charge < -0.3 is 10.1 Å². The van der Waals surface area contributed by atoms with Gasteiger partial charge in [-0.3, -0.25) is 24.1 Å². The van der Waals surface area contributed by atoms with Crippen LogP contribution in [0.1, 0.15) is 39.0 Å². The van der Waals surface area contributed by atoms with E-state index in [1.54, 1.807) is 24.3 Å². The van der Waals surface area contributed by atoms with Crippen LogP contribution in [-0.4, -0.2) is 35.1 Å². The molecule has 2 atom stereocenters. The van der Waals surface area contributed by atoms with Gasteiger partial charge >= 0.3 is 5.97 Å². The first kappa shape index (κ1) is 18.1. The molecule has 1 aliphatic carbocycles. The van der Waals surface area contributed by atoms with Crippen molar-refractivity contribution in [2.24, 2.45) is 11.8 Å². The van der Waals surface area contributed by atoms with E-state index in [1.165, 1.54) is 11.8 Å². The maximum absolute atomic E-state index is 12.4. The summed E-state index contributed by atoms with van der Waals surface area (Å²) in [6, 6.07) is 6.48. The molecular formula is C19H22N2O5. The molecule has 1 N–H and O–H groups in total. The van der Waals surface area contributed by atoms with Gasteiger partial charge in [-0.15, -0.1) is 0 Å². The molecule has 1 aromatic rings. The first-order valence-electron chi connectivity index (χ1n) is 8.89. The highest BCUT2D eigenvalue weighted by molar-refractivity contribution is 6.05. The lowest BCUT2D eigenvalue weighted by atomic mass is 9.81. The van der Waals surface area contributed by atoms with E-state index in [0.29, 0.717) is 11.4 Å². The SMILES string of the molecule is CC(=O)Nc1cccc(OC(=O)CCN2C(=O)[C@H]3CCCC[C@@H]3C2=O)c1. The van der Waals surface area contributed by atoms with Crippen LogP contribution in [-0.2, 0) is 19.2 Å².